The molecule has 1 aliphatic heterocycles. The van der Waals surface area contributed by atoms with Crippen molar-refractivity contribution in [2.45, 2.75) is 26.3 Å². The maximum Gasteiger partial charge on any atom is 0.293 e. The summed E-state index contributed by atoms with van der Waals surface area (Å²) in [7, 11) is 0. The zero-order chi connectivity index (χ0) is 21.8. The number of carbonyl (C=O) groups excluding carboxylic acids is 1. The van der Waals surface area contributed by atoms with Gasteiger partial charge in [0.2, 0.25) is 11.6 Å². The molecule has 162 valence electrons. The van der Waals surface area contributed by atoms with Crippen molar-refractivity contribution in [2.75, 3.05) is 18.8 Å². The molecule has 12 nitrogen and oxygen atoms in total. The summed E-state index contributed by atoms with van der Waals surface area (Å²) in [6.07, 6.45) is 3.62. The molecule has 0 spiro atoms. The average molecular weight is 425 g/mol. The second kappa shape index (κ2) is 8.92. The van der Waals surface area contributed by atoms with Crippen LogP contribution in [-0.2, 0) is 6.54 Å². The Labute approximate surface area is 177 Å². The number of nitrogens with two attached hydrogens (primary N) is 1. The number of hydrazone groups is 1. The minimum Gasteiger partial charge on any atom is -0.508 e. The zero-order valence-electron chi connectivity index (χ0n) is 17.0. The number of anilines is 1. The maximum atomic E-state index is 12.8. The molecule has 4 rings (SSSR count). The molecule has 0 bridgehead atoms. The van der Waals surface area contributed by atoms with Gasteiger partial charge >= 0.3 is 0 Å². The standard InChI is InChI=1S/C19H23N9O3/c1-12-6-8-27(9-7-12)11-15-16(22-26-28(15)18-17(20)24-31-25-18)19(30)23-21-10-13-2-4-14(29)5-3-13/h2-5,10,12,29H,6-9,11H2,1H3,(H2,20,24)(H,23,30). The highest BCUT2D eigenvalue weighted by molar-refractivity contribution is 5.94. The molecule has 1 amide bonds. The number of hydrogen-bond acceptors (Lipinski definition) is 10. The van der Waals surface area contributed by atoms with E-state index in [-0.39, 0.29) is 23.1 Å². The summed E-state index contributed by atoms with van der Waals surface area (Å²) in [5.41, 5.74) is 9.64. The lowest BCUT2D eigenvalue weighted by molar-refractivity contribution is 0.0947. The number of rotatable bonds is 6. The van der Waals surface area contributed by atoms with Gasteiger partial charge in [0, 0.05) is 6.54 Å². The number of benzene rings is 1. The molecule has 0 aliphatic carbocycles. The Morgan fingerprint density at radius 3 is 2.74 bits per heavy atom. The summed E-state index contributed by atoms with van der Waals surface area (Å²) in [5.74, 6) is 0.537. The van der Waals surface area contributed by atoms with E-state index in [1.165, 1.54) is 23.0 Å². The van der Waals surface area contributed by atoms with E-state index in [0.717, 1.165) is 25.9 Å². The lowest BCUT2D eigenvalue weighted by Crippen LogP contribution is -2.34. The molecule has 1 aliphatic rings. The van der Waals surface area contributed by atoms with Crippen molar-refractivity contribution >= 4 is 17.9 Å². The quantitative estimate of drug-likeness (QED) is 0.385. The highest BCUT2D eigenvalue weighted by atomic mass is 16.6. The summed E-state index contributed by atoms with van der Waals surface area (Å²) < 4.78 is 6.06. The van der Waals surface area contributed by atoms with Crippen LogP contribution in [0.15, 0.2) is 34.0 Å². The molecule has 3 heterocycles. The number of carbonyl (C=O) groups is 1. The largest absolute Gasteiger partial charge is 0.508 e. The van der Waals surface area contributed by atoms with E-state index in [0.29, 0.717) is 23.7 Å². The molecule has 4 N–H and O–H groups in total. The highest BCUT2D eigenvalue weighted by Gasteiger charge is 2.26. The molecule has 1 fully saturated rings. The van der Waals surface area contributed by atoms with E-state index in [2.05, 4.69) is 47.6 Å². The normalized spacial score (nSPS) is 15.5. The topological polar surface area (TPSA) is 161 Å². The number of phenols is 1. The van der Waals surface area contributed by atoms with Crippen LogP contribution in [0.4, 0.5) is 5.82 Å². The summed E-state index contributed by atoms with van der Waals surface area (Å²) in [6.45, 7) is 4.48. The van der Waals surface area contributed by atoms with Crippen LogP contribution in [0.5, 0.6) is 5.75 Å². The van der Waals surface area contributed by atoms with Crippen LogP contribution in [-0.4, -0.2) is 60.5 Å². The van der Waals surface area contributed by atoms with Crippen LogP contribution in [0.3, 0.4) is 0 Å². The Kier molecular flexibility index (Phi) is 5.89. The van der Waals surface area contributed by atoms with Crippen molar-refractivity contribution in [3.63, 3.8) is 0 Å². The van der Waals surface area contributed by atoms with Gasteiger partial charge in [0.15, 0.2) is 5.69 Å². The smallest absolute Gasteiger partial charge is 0.293 e. The van der Waals surface area contributed by atoms with Crippen LogP contribution < -0.4 is 11.2 Å². The van der Waals surface area contributed by atoms with Crippen molar-refractivity contribution in [3.8, 4) is 11.6 Å². The molecule has 2 aromatic heterocycles. The lowest BCUT2D eigenvalue weighted by Gasteiger charge is -2.30. The maximum absolute atomic E-state index is 12.8. The predicted octanol–water partition coefficient (Wildman–Crippen LogP) is 0.934. The third kappa shape index (κ3) is 4.69. The van der Waals surface area contributed by atoms with E-state index < -0.39 is 5.91 Å². The summed E-state index contributed by atoms with van der Waals surface area (Å²) in [5, 5.41) is 28.8. The Morgan fingerprint density at radius 2 is 2.06 bits per heavy atom. The monoisotopic (exact) mass is 425 g/mol. The molecular formula is C19H23N9O3. The fourth-order valence-corrected chi connectivity index (χ4v) is 3.34. The first-order valence-corrected chi connectivity index (χ1v) is 9.89. The van der Waals surface area contributed by atoms with Gasteiger partial charge in [-0.2, -0.15) is 9.78 Å². The number of piperidine rings is 1. The Hall–Kier alpha value is -3.80. The average Bonchev–Trinajstić information content (AvgIpc) is 3.37. The summed E-state index contributed by atoms with van der Waals surface area (Å²) >= 11 is 0. The van der Waals surface area contributed by atoms with Crippen LogP contribution in [0.25, 0.3) is 5.82 Å². The van der Waals surface area contributed by atoms with Gasteiger partial charge in [-0.25, -0.2) is 10.1 Å². The SMILES string of the molecule is CC1CCN(Cc2c(C(=O)NN=Cc3ccc(O)cc3)nnn2-c2nonc2N)CC1. The molecule has 1 saturated heterocycles. The number of aromatic hydroxyl groups is 1. The first-order chi connectivity index (χ1) is 15.0. The van der Waals surface area contributed by atoms with Gasteiger partial charge in [-0.15, -0.1) is 5.10 Å². The molecule has 12 heteroatoms. The summed E-state index contributed by atoms with van der Waals surface area (Å²) in [6, 6.07) is 6.40. The Bertz CT molecular complexity index is 1070. The van der Waals surface area contributed by atoms with Crippen molar-refractivity contribution in [1.82, 2.24) is 35.6 Å². The molecule has 3 aromatic rings. The van der Waals surface area contributed by atoms with Crippen LogP contribution in [0, 0.1) is 5.92 Å². The number of nitrogens with one attached hydrogen (secondary N) is 1. The van der Waals surface area contributed by atoms with Crippen molar-refractivity contribution in [2.24, 2.45) is 11.0 Å². The minimum absolute atomic E-state index is 0.0516. The van der Waals surface area contributed by atoms with Crippen molar-refractivity contribution in [1.29, 1.82) is 0 Å². The number of amides is 1. The molecule has 31 heavy (non-hydrogen) atoms. The number of likely N-dealkylation sites (tertiary alicyclic amines) is 1. The number of nitrogens with zero attached hydrogens (tertiary/aromatic N) is 7. The highest BCUT2D eigenvalue weighted by Crippen LogP contribution is 2.21. The zero-order valence-corrected chi connectivity index (χ0v) is 17.0. The van der Waals surface area contributed by atoms with E-state index >= 15 is 0 Å². The number of hydrogen-bond donors (Lipinski definition) is 3. The molecule has 0 radical (unpaired) electrons. The van der Waals surface area contributed by atoms with E-state index in [4.69, 9.17) is 5.73 Å². The van der Waals surface area contributed by atoms with Gasteiger partial charge in [0.05, 0.1) is 11.9 Å². The molecule has 1 aromatic carbocycles. The Balaban J connectivity index is 1.55. The first-order valence-electron chi connectivity index (χ1n) is 9.89. The lowest BCUT2D eigenvalue weighted by atomic mass is 9.99. The van der Waals surface area contributed by atoms with Gasteiger partial charge in [-0.3, -0.25) is 9.69 Å². The fraction of sp³-hybridized carbons (Fsp3) is 0.368. The first kappa shape index (κ1) is 20.5. The van der Waals surface area contributed by atoms with Gasteiger partial charge < -0.3 is 10.8 Å². The van der Waals surface area contributed by atoms with Crippen LogP contribution in [0.2, 0.25) is 0 Å². The third-order valence-electron chi connectivity index (χ3n) is 5.20. The summed E-state index contributed by atoms with van der Waals surface area (Å²) in [4.78, 5) is 15.0. The van der Waals surface area contributed by atoms with Gasteiger partial charge in [0.1, 0.15) is 5.75 Å². The number of nitrogen functional groups attached to an aromatic ring is 1. The fourth-order valence-electron chi connectivity index (χ4n) is 3.34. The molecule has 0 saturated carbocycles. The van der Waals surface area contributed by atoms with Crippen molar-refractivity contribution in [3.05, 3.63) is 41.2 Å². The second-order valence-corrected chi connectivity index (χ2v) is 7.52. The minimum atomic E-state index is -0.517. The molecular weight excluding hydrogens is 402 g/mol. The molecule has 0 atom stereocenters. The number of aromatic nitrogens is 5. The van der Waals surface area contributed by atoms with E-state index in [9.17, 15) is 9.90 Å². The molecule has 0 unspecified atom stereocenters. The third-order valence-corrected chi connectivity index (χ3v) is 5.20. The van der Waals surface area contributed by atoms with Crippen molar-refractivity contribution < 1.29 is 14.5 Å². The second-order valence-electron chi connectivity index (χ2n) is 7.52. The predicted molar refractivity (Wildman–Crippen MR) is 110 cm³/mol. The van der Waals surface area contributed by atoms with Crippen LogP contribution in [0.1, 0.15) is 41.5 Å². The van der Waals surface area contributed by atoms with E-state index in [1.807, 2.05) is 0 Å². The van der Waals surface area contributed by atoms with Gasteiger partial charge in [-0.05, 0) is 72.0 Å². The number of phenolic OH excluding ortho intramolecular Hbond substituents is 1. The van der Waals surface area contributed by atoms with Gasteiger partial charge in [0.25, 0.3) is 5.91 Å². The Morgan fingerprint density at radius 1 is 1.32 bits per heavy atom. The van der Waals surface area contributed by atoms with Crippen LogP contribution >= 0.6 is 0 Å². The van der Waals surface area contributed by atoms with Gasteiger partial charge in [-0.1, -0.05) is 12.1 Å². The van der Waals surface area contributed by atoms with E-state index in [1.54, 1.807) is 12.1 Å².